The van der Waals surface area contributed by atoms with Gasteiger partial charge >= 0.3 is 0 Å². The lowest BCUT2D eigenvalue weighted by molar-refractivity contribution is 0.269. The highest BCUT2D eigenvalue weighted by atomic mass is 32.1. The first kappa shape index (κ1) is 16.7. The molecule has 130 valence electrons. The summed E-state index contributed by atoms with van der Waals surface area (Å²) in [6.07, 6.45) is 1.24. The summed E-state index contributed by atoms with van der Waals surface area (Å²) in [5.41, 5.74) is 4.87. The van der Waals surface area contributed by atoms with E-state index in [1.54, 1.807) is 11.3 Å². The van der Waals surface area contributed by atoms with Gasteiger partial charge < -0.3 is 4.90 Å². The van der Waals surface area contributed by atoms with Crippen LogP contribution in [-0.2, 0) is 6.54 Å². The van der Waals surface area contributed by atoms with E-state index < -0.39 is 0 Å². The topological polar surface area (TPSA) is 19.4 Å². The van der Waals surface area contributed by atoms with Gasteiger partial charge in [-0.3, -0.25) is 4.90 Å². The number of fused-ring (bicyclic) bond motifs is 1. The Morgan fingerprint density at radius 2 is 2.00 bits per heavy atom. The van der Waals surface area contributed by atoms with Gasteiger partial charge in [0.2, 0.25) is 0 Å². The summed E-state index contributed by atoms with van der Waals surface area (Å²) in [4.78, 5) is 11.3. The molecule has 0 amide bonds. The Balaban J connectivity index is 1.73. The van der Waals surface area contributed by atoms with E-state index in [-0.39, 0.29) is 0 Å². The lowest BCUT2D eigenvalue weighted by Crippen LogP contribution is -2.28. The molecule has 0 saturated carbocycles. The Kier molecular flexibility index (Phi) is 4.84. The number of hydrogen-bond donors (Lipinski definition) is 0. The average Bonchev–Trinajstić information content (AvgIpc) is 3.06. The van der Waals surface area contributed by atoms with Crippen LogP contribution in [0.2, 0.25) is 0 Å². The summed E-state index contributed by atoms with van der Waals surface area (Å²) in [6.45, 7) is 7.76. The summed E-state index contributed by atoms with van der Waals surface area (Å²) < 4.78 is 0. The maximum absolute atomic E-state index is 5.06. The molecule has 0 atom stereocenters. The van der Waals surface area contributed by atoms with E-state index in [2.05, 4.69) is 65.5 Å². The third-order valence-corrected chi connectivity index (χ3v) is 5.89. The molecule has 0 bridgehead atoms. The zero-order valence-electron chi connectivity index (χ0n) is 15.0. The van der Waals surface area contributed by atoms with E-state index in [1.807, 2.05) is 0 Å². The molecule has 1 saturated heterocycles. The van der Waals surface area contributed by atoms with Gasteiger partial charge in [0.05, 0.1) is 16.1 Å². The van der Waals surface area contributed by atoms with Crippen molar-refractivity contribution in [3.05, 3.63) is 52.9 Å². The number of benzene rings is 1. The Bertz CT molecular complexity index is 857. The van der Waals surface area contributed by atoms with Crippen molar-refractivity contribution in [3.8, 4) is 10.6 Å². The van der Waals surface area contributed by atoms with Crippen LogP contribution in [0, 0.1) is 6.92 Å². The van der Waals surface area contributed by atoms with Gasteiger partial charge in [0.25, 0.3) is 0 Å². The highest BCUT2D eigenvalue weighted by Gasteiger charge is 2.16. The summed E-state index contributed by atoms with van der Waals surface area (Å²) in [5, 5.41) is 3.38. The highest BCUT2D eigenvalue weighted by molar-refractivity contribution is 7.13. The summed E-state index contributed by atoms with van der Waals surface area (Å²) in [6, 6.07) is 13.2. The lowest BCUT2D eigenvalue weighted by Gasteiger charge is -2.21. The molecule has 2 aromatic heterocycles. The Morgan fingerprint density at radius 1 is 1.08 bits per heavy atom. The second kappa shape index (κ2) is 7.24. The number of aryl methyl sites for hydroxylation is 1. The second-order valence-corrected chi connectivity index (χ2v) is 8.05. The minimum Gasteiger partial charge on any atom is -0.305 e. The zero-order valence-corrected chi connectivity index (χ0v) is 15.9. The summed E-state index contributed by atoms with van der Waals surface area (Å²) >= 11 is 1.78. The molecule has 4 rings (SSSR count). The Morgan fingerprint density at radius 3 is 2.84 bits per heavy atom. The third kappa shape index (κ3) is 3.76. The van der Waals surface area contributed by atoms with Crippen molar-refractivity contribution >= 4 is 22.2 Å². The number of aromatic nitrogens is 1. The van der Waals surface area contributed by atoms with Gasteiger partial charge in [0, 0.05) is 25.0 Å². The fraction of sp³-hybridized carbons (Fsp3) is 0.381. The van der Waals surface area contributed by atoms with E-state index in [0.717, 1.165) is 30.8 Å². The molecule has 25 heavy (non-hydrogen) atoms. The quantitative estimate of drug-likeness (QED) is 0.697. The molecule has 0 spiro atoms. The van der Waals surface area contributed by atoms with Gasteiger partial charge in [-0.05, 0) is 68.2 Å². The number of pyridine rings is 1. The third-order valence-electron chi connectivity index (χ3n) is 5.01. The van der Waals surface area contributed by atoms with Crippen molar-refractivity contribution in [2.75, 3.05) is 33.2 Å². The normalized spacial score (nSPS) is 17.0. The Labute approximate surface area is 153 Å². The summed E-state index contributed by atoms with van der Waals surface area (Å²) in [5.74, 6) is 0. The van der Waals surface area contributed by atoms with E-state index in [9.17, 15) is 0 Å². The summed E-state index contributed by atoms with van der Waals surface area (Å²) in [7, 11) is 2.22. The average molecular weight is 352 g/mol. The standard InChI is InChI=1S/C21H25N3S/c1-16-6-7-17-14-18(15-24-9-4-8-23(2)10-11-24)21(22-19(17)13-16)20-5-3-12-25-20/h3,5-7,12-14H,4,8-11,15H2,1-2H3. The SMILES string of the molecule is Cc1ccc2cc(CN3CCCN(C)CC3)c(-c3cccs3)nc2c1. The van der Waals surface area contributed by atoms with Crippen LogP contribution in [0.1, 0.15) is 17.5 Å². The van der Waals surface area contributed by atoms with Crippen LogP contribution in [0.5, 0.6) is 0 Å². The molecule has 3 heterocycles. The molecule has 0 radical (unpaired) electrons. The maximum atomic E-state index is 5.06. The van der Waals surface area contributed by atoms with E-state index >= 15 is 0 Å². The largest absolute Gasteiger partial charge is 0.305 e. The van der Waals surface area contributed by atoms with E-state index in [1.165, 1.54) is 40.9 Å². The minimum atomic E-state index is 0.984. The molecule has 1 aliphatic rings. The van der Waals surface area contributed by atoms with Crippen LogP contribution in [0.25, 0.3) is 21.5 Å². The number of rotatable bonds is 3. The fourth-order valence-electron chi connectivity index (χ4n) is 3.57. The maximum Gasteiger partial charge on any atom is 0.0854 e. The van der Waals surface area contributed by atoms with Crippen molar-refractivity contribution in [2.45, 2.75) is 19.9 Å². The smallest absolute Gasteiger partial charge is 0.0854 e. The molecule has 3 aromatic rings. The van der Waals surface area contributed by atoms with Crippen LogP contribution < -0.4 is 0 Å². The molecule has 1 fully saturated rings. The van der Waals surface area contributed by atoms with Crippen LogP contribution in [0.15, 0.2) is 41.8 Å². The van der Waals surface area contributed by atoms with Gasteiger partial charge in [-0.25, -0.2) is 4.98 Å². The molecule has 1 aromatic carbocycles. The van der Waals surface area contributed by atoms with Gasteiger partial charge in [-0.15, -0.1) is 11.3 Å². The highest BCUT2D eigenvalue weighted by Crippen LogP contribution is 2.30. The van der Waals surface area contributed by atoms with Gasteiger partial charge in [0.15, 0.2) is 0 Å². The second-order valence-electron chi connectivity index (χ2n) is 7.10. The lowest BCUT2D eigenvalue weighted by atomic mass is 10.1. The first-order valence-corrected chi connectivity index (χ1v) is 9.92. The number of thiophene rings is 1. The van der Waals surface area contributed by atoms with Gasteiger partial charge in [-0.1, -0.05) is 18.2 Å². The van der Waals surface area contributed by atoms with Crippen molar-refractivity contribution in [1.82, 2.24) is 14.8 Å². The van der Waals surface area contributed by atoms with Crippen LogP contribution in [0.3, 0.4) is 0 Å². The molecule has 1 aliphatic heterocycles. The van der Waals surface area contributed by atoms with Gasteiger partial charge in [0.1, 0.15) is 0 Å². The first-order valence-electron chi connectivity index (χ1n) is 9.04. The van der Waals surface area contributed by atoms with Crippen LogP contribution in [0.4, 0.5) is 0 Å². The molecule has 0 N–H and O–H groups in total. The predicted octanol–water partition coefficient (Wildman–Crippen LogP) is 4.41. The monoisotopic (exact) mass is 351 g/mol. The fourth-order valence-corrected chi connectivity index (χ4v) is 4.32. The van der Waals surface area contributed by atoms with Crippen molar-refractivity contribution < 1.29 is 0 Å². The van der Waals surface area contributed by atoms with Crippen molar-refractivity contribution in [1.29, 1.82) is 0 Å². The number of hydrogen-bond acceptors (Lipinski definition) is 4. The van der Waals surface area contributed by atoms with Crippen molar-refractivity contribution in [3.63, 3.8) is 0 Å². The molecule has 4 heteroatoms. The first-order chi connectivity index (χ1) is 12.2. The predicted molar refractivity (Wildman–Crippen MR) is 107 cm³/mol. The molecule has 0 unspecified atom stereocenters. The number of likely N-dealkylation sites (N-methyl/N-ethyl adjacent to an activating group) is 1. The van der Waals surface area contributed by atoms with E-state index in [4.69, 9.17) is 4.98 Å². The van der Waals surface area contributed by atoms with Crippen LogP contribution >= 0.6 is 11.3 Å². The minimum absolute atomic E-state index is 0.984. The Hall–Kier alpha value is -1.75. The van der Waals surface area contributed by atoms with Gasteiger partial charge in [-0.2, -0.15) is 0 Å². The molecular weight excluding hydrogens is 326 g/mol. The molecular formula is C21H25N3S. The molecule has 0 aliphatic carbocycles. The zero-order chi connectivity index (χ0) is 17.2. The van der Waals surface area contributed by atoms with Crippen LogP contribution in [-0.4, -0.2) is 48.0 Å². The van der Waals surface area contributed by atoms with E-state index in [0.29, 0.717) is 0 Å². The molecule has 3 nitrogen and oxygen atoms in total. The number of nitrogens with zero attached hydrogens (tertiary/aromatic N) is 3. The van der Waals surface area contributed by atoms with Crippen molar-refractivity contribution in [2.24, 2.45) is 0 Å².